The zero-order valence-electron chi connectivity index (χ0n) is 11.1. The van der Waals surface area contributed by atoms with Crippen LogP contribution in [0.1, 0.15) is 33.6 Å². The first kappa shape index (κ1) is 13.2. The van der Waals surface area contributed by atoms with Crippen molar-refractivity contribution in [1.29, 1.82) is 0 Å². The Kier molecular flexibility index (Phi) is 5.53. The summed E-state index contributed by atoms with van der Waals surface area (Å²) in [5, 5.41) is 3.37. The van der Waals surface area contributed by atoms with E-state index in [1.807, 2.05) is 7.05 Å². The molecule has 0 unspecified atom stereocenters. The molecule has 1 rings (SSSR count). The van der Waals surface area contributed by atoms with Gasteiger partial charge in [0.1, 0.15) is 18.9 Å². The topological polar surface area (TPSA) is 20.8 Å². The molecule has 1 N–H and O–H groups in total. The summed E-state index contributed by atoms with van der Waals surface area (Å²) in [6.45, 7) is 8.93. The molecule has 1 aromatic heterocycles. The first-order chi connectivity index (χ1) is 7.67. The molecule has 92 valence electrons. The van der Waals surface area contributed by atoms with Crippen LogP contribution in [-0.2, 0) is 13.1 Å². The highest BCUT2D eigenvalue weighted by atomic mass is 15.1. The number of nitrogens with zero attached hydrogens (tertiary/aromatic N) is 2. The summed E-state index contributed by atoms with van der Waals surface area (Å²) in [5.74, 6) is 0.663. The fourth-order valence-electron chi connectivity index (χ4n) is 1.88. The van der Waals surface area contributed by atoms with Crippen LogP contribution in [0.15, 0.2) is 18.7 Å². The van der Waals surface area contributed by atoms with Gasteiger partial charge in [-0.25, -0.2) is 9.13 Å². The standard InChI is InChI=1S/C13H26N3/c1-5-6-7-15-8-9-16(11-15)10-13(14-4)12(2)3/h8-9,11-14H,5-7,10H2,1-4H3/q+1/t13-/m1/s1. The molecule has 0 radical (unpaired) electrons. The maximum Gasteiger partial charge on any atom is 0.243 e. The van der Waals surface area contributed by atoms with Gasteiger partial charge in [0.25, 0.3) is 0 Å². The molecular formula is C13H26N3+. The largest absolute Gasteiger partial charge is 0.313 e. The van der Waals surface area contributed by atoms with Gasteiger partial charge in [-0.05, 0) is 19.4 Å². The molecule has 0 spiro atoms. The Morgan fingerprint density at radius 1 is 1.38 bits per heavy atom. The van der Waals surface area contributed by atoms with Crippen molar-refractivity contribution >= 4 is 0 Å². The van der Waals surface area contributed by atoms with Crippen molar-refractivity contribution in [3.63, 3.8) is 0 Å². The molecule has 0 saturated heterocycles. The average Bonchev–Trinajstić information content (AvgIpc) is 2.70. The summed E-state index contributed by atoms with van der Waals surface area (Å²) in [6.07, 6.45) is 9.06. The van der Waals surface area contributed by atoms with E-state index in [1.54, 1.807) is 0 Å². The van der Waals surface area contributed by atoms with Gasteiger partial charge in [0.2, 0.25) is 6.33 Å². The second kappa shape index (κ2) is 6.69. The normalized spacial score (nSPS) is 13.3. The molecule has 1 heterocycles. The van der Waals surface area contributed by atoms with E-state index in [0.29, 0.717) is 12.0 Å². The van der Waals surface area contributed by atoms with Crippen LogP contribution in [0.3, 0.4) is 0 Å². The lowest BCUT2D eigenvalue weighted by atomic mass is 10.1. The van der Waals surface area contributed by atoms with Crippen LogP contribution < -0.4 is 9.88 Å². The molecule has 0 amide bonds. The molecule has 0 fully saturated rings. The van der Waals surface area contributed by atoms with Crippen molar-refractivity contribution in [3.8, 4) is 0 Å². The minimum atomic E-state index is 0.548. The lowest BCUT2D eigenvalue weighted by Crippen LogP contribution is -2.46. The van der Waals surface area contributed by atoms with Gasteiger partial charge in [-0.15, -0.1) is 0 Å². The zero-order valence-corrected chi connectivity index (χ0v) is 11.1. The van der Waals surface area contributed by atoms with Crippen molar-refractivity contribution in [2.24, 2.45) is 5.92 Å². The summed E-state index contributed by atoms with van der Waals surface area (Å²) in [5.41, 5.74) is 0. The van der Waals surface area contributed by atoms with Crippen molar-refractivity contribution in [1.82, 2.24) is 9.88 Å². The summed E-state index contributed by atoms with van der Waals surface area (Å²) < 4.78 is 4.55. The number of hydrogen-bond donors (Lipinski definition) is 1. The van der Waals surface area contributed by atoms with Gasteiger partial charge < -0.3 is 5.32 Å². The molecule has 0 aliphatic rings. The minimum Gasteiger partial charge on any atom is -0.313 e. The number of hydrogen-bond acceptors (Lipinski definition) is 1. The Morgan fingerprint density at radius 2 is 2.12 bits per heavy atom. The van der Waals surface area contributed by atoms with Crippen molar-refractivity contribution in [3.05, 3.63) is 18.7 Å². The van der Waals surface area contributed by atoms with Crippen molar-refractivity contribution in [2.75, 3.05) is 7.05 Å². The van der Waals surface area contributed by atoms with Crippen molar-refractivity contribution < 1.29 is 4.57 Å². The summed E-state index contributed by atoms with van der Waals surface area (Å²) >= 11 is 0. The highest BCUT2D eigenvalue weighted by molar-refractivity contribution is 4.68. The molecule has 0 bridgehead atoms. The summed E-state index contributed by atoms with van der Waals surface area (Å²) in [7, 11) is 2.04. The molecule has 16 heavy (non-hydrogen) atoms. The molecular weight excluding hydrogens is 198 g/mol. The second-order valence-corrected chi connectivity index (χ2v) is 4.84. The van der Waals surface area contributed by atoms with Gasteiger partial charge in [0.15, 0.2) is 0 Å². The number of nitrogens with one attached hydrogen (secondary N) is 1. The molecule has 0 aromatic carbocycles. The fraction of sp³-hybridized carbons (Fsp3) is 0.769. The van der Waals surface area contributed by atoms with E-state index in [0.717, 1.165) is 13.1 Å². The number of rotatable bonds is 7. The summed E-state index contributed by atoms with van der Waals surface area (Å²) in [4.78, 5) is 0. The van der Waals surface area contributed by atoms with Crippen LogP contribution in [0.5, 0.6) is 0 Å². The Balaban J connectivity index is 2.50. The maximum atomic E-state index is 3.37. The van der Waals surface area contributed by atoms with Crippen LogP contribution in [0.25, 0.3) is 0 Å². The molecule has 1 atom stereocenters. The molecule has 3 heteroatoms. The third-order valence-electron chi connectivity index (χ3n) is 3.10. The number of unbranched alkanes of at least 4 members (excludes halogenated alkanes) is 1. The molecule has 3 nitrogen and oxygen atoms in total. The van der Waals surface area contributed by atoms with Crippen LogP contribution in [-0.4, -0.2) is 17.7 Å². The average molecular weight is 224 g/mol. The Bertz CT molecular complexity index is 291. The van der Waals surface area contributed by atoms with Gasteiger partial charge in [-0.3, -0.25) is 0 Å². The highest BCUT2D eigenvalue weighted by Crippen LogP contribution is 2.01. The Morgan fingerprint density at radius 3 is 2.69 bits per heavy atom. The van der Waals surface area contributed by atoms with Crippen LogP contribution in [0, 0.1) is 5.92 Å². The number of aromatic nitrogens is 2. The maximum absolute atomic E-state index is 3.37. The predicted molar refractivity (Wildman–Crippen MR) is 67.2 cm³/mol. The monoisotopic (exact) mass is 224 g/mol. The number of likely N-dealkylation sites (N-methyl/N-ethyl adjacent to an activating group) is 1. The van der Waals surface area contributed by atoms with E-state index in [9.17, 15) is 0 Å². The minimum absolute atomic E-state index is 0.548. The van der Waals surface area contributed by atoms with E-state index in [-0.39, 0.29) is 0 Å². The van der Waals surface area contributed by atoms with E-state index >= 15 is 0 Å². The lowest BCUT2D eigenvalue weighted by molar-refractivity contribution is -0.699. The molecule has 1 aromatic rings. The van der Waals surface area contributed by atoms with Crippen LogP contribution >= 0.6 is 0 Å². The van der Waals surface area contributed by atoms with Gasteiger partial charge in [0, 0.05) is 6.04 Å². The van der Waals surface area contributed by atoms with Gasteiger partial charge in [-0.1, -0.05) is 27.2 Å². The fourth-order valence-corrected chi connectivity index (χ4v) is 1.88. The highest BCUT2D eigenvalue weighted by Gasteiger charge is 2.14. The lowest BCUT2D eigenvalue weighted by Gasteiger charge is -2.17. The van der Waals surface area contributed by atoms with E-state index < -0.39 is 0 Å². The molecule has 0 aliphatic heterocycles. The summed E-state index contributed by atoms with van der Waals surface area (Å²) in [6, 6.07) is 0.548. The van der Waals surface area contributed by atoms with Crippen LogP contribution in [0.4, 0.5) is 0 Å². The van der Waals surface area contributed by atoms with E-state index in [4.69, 9.17) is 0 Å². The first-order valence-corrected chi connectivity index (χ1v) is 6.39. The predicted octanol–water partition coefficient (Wildman–Crippen LogP) is 1.82. The van der Waals surface area contributed by atoms with E-state index in [1.165, 1.54) is 12.8 Å². The quantitative estimate of drug-likeness (QED) is 0.701. The smallest absolute Gasteiger partial charge is 0.243 e. The Labute approximate surface area is 99.5 Å². The third-order valence-corrected chi connectivity index (χ3v) is 3.10. The molecule has 0 saturated carbocycles. The van der Waals surface area contributed by atoms with Gasteiger partial charge in [0.05, 0.1) is 6.54 Å². The van der Waals surface area contributed by atoms with E-state index in [2.05, 4.69) is 53.9 Å². The van der Waals surface area contributed by atoms with Crippen LogP contribution in [0.2, 0.25) is 0 Å². The first-order valence-electron chi connectivity index (χ1n) is 6.39. The molecule has 0 aliphatic carbocycles. The van der Waals surface area contributed by atoms with Crippen molar-refractivity contribution in [2.45, 2.75) is 52.7 Å². The number of imidazole rings is 1. The van der Waals surface area contributed by atoms with Gasteiger partial charge >= 0.3 is 0 Å². The SMILES string of the molecule is CCCCn1cc[n+](C[C@@H](NC)C(C)C)c1. The van der Waals surface area contributed by atoms with Gasteiger partial charge in [-0.2, -0.15) is 0 Å². The zero-order chi connectivity index (χ0) is 12.0. The Hall–Kier alpha value is -0.830. The number of aryl methyl sites for hydroxylation is 1. The second-order valence-electron chi connectivity index (χ2n) is 4.84. The third kappa shape index (κ3) is 3.97.